The maximum atomic E-state index is 10.7. The second kappa shape index (κ2) is 11.8. The molecular weight excluding hydrogens is 452 g/mol. The largest absolute Gasteiger partial charge is 0.393 e. The lowest BCUT2D eigenvalue weighted by Gasteiger charge is -2.63. The Morgan fingerprint density at radius 3 is 2.32 bits per heavy atom. The Balaban J connectivity index is 1.28. The number of rotatable bonds is 10. The standard InChI is InChI=1S/C34H62N2O/c1-24(2)10-8-11-25(3)28-12-13-29-27-23-32(35-18-9-21-36-19-6-7-20-36)31-22-26(37)14-16-34(31,5)30(27)15-17-33(28,29)4/h24-32,35,37H,6-23H2,1-5H3. The van der Waals surface area contributed by atoms with E-state index in [-0.39, 0.29) is 6.10 Å². The van der Waals surface area contributed by atoms with Crippen molar-refractivity contribution in [3.05, 3.63) is 0 Å². The number of hydrogen-bond acceptors (Lipinski definition) is 3. The predicted molar refractivity (Wildman–Crippen MR) is 157 cm³/mol. The van der Waals surface area contributed by atoms with Gasteiger partial charge in [0.25, 0.3) is 0 Å². The highest BCUT2D eigenvalue weighted by molar-refractivity contribution is 5.12. The molecule has 1 aliphatic heterocycles. The molecule has 214 valence electrons. The summed E-state index contributed by atoms with van der Waals surface area (Å²) in [5.74, 6) is 6.07. The third-order valence-electron chi connectivity index (χ3n) is 13.1. The number of hydrogen-bond donors (Lipinski definition) is 2. The topological polar surface area (TPSA) is 35.5 Å². The van der Waals surface area contributed by atoms with Crippen LogP contribution in [0.25, 0.3) is 0 Å². The van der Waals surface area contributed by atoms with E-state index < -0.39 is 0 Å². The van der Waals surface area contributed by atoms with Crippen molar-refractivity contribution in [2.75, 3.05) is 26.2 Å². The molecule has 37 heavy (non-hydrogen) atoms. The van der Waals surface area contributed by atoms with Crippen molar-refractivity contribution in [1.29, 1.82) is 0 Å². The summed E-state index contributed by atoms with van der Waals surface area (Å²) in [6.07, 6.45) is 18.9. The number of nitrogens with zero attached hydrogens (tertiary/aromatic N) is 1. The molecule has 0 spiro atoms. The highest BCUT2D eigenvalue weighted by atomic mass is 16.3. The average molecular weight is 515 g/mol. The lowest BCUT2D eigenvalue weighted by Crippen LogP contribution is -2.61. The number of fused-ring (bicyclic) bond motifs is 5. The van der Waals surface area contributed by atoms with Gasteiger partial charge in [0.05, 0.1) is 6.10 Å². The van der Waals surface area contributed by atoms with Crippen molar-refractivity contribution < 1.29 is 5.11 Å². The predicted octanol–water partition coefficient (Wildman–Crippen LogP) is 7.52. The summed E-state index contributed by atoms with van der Waals surface area (Å²) in [6.45, 7) is 17.9. The zero-order valence-corrected chi connectivity index (χ0v) is 25.3. The molecule has 1 saturated heterocycles. The Morgan fingerprint density at radius 1 is 0.838 bits per heavy atom. The van der Waals surface area contributed by atoms with Crippen LogP contribution in [0.1, 0.15) is 125 Å². The van der Waals surface area contributed by atoms with Crippen LogP contribution in [-0.4, -0.2) is 48.3 Å². The summed E-state index contributed by atoms with van der Waals surface area (Å²) in [7, 11) is 0. The Labute approximate surface area is 230 Å². The molecule has 0 bridgehead atoms. The zero-order chi connectivity index (χ0) is 26.2. The fraction of sp³-hybridized carbons (Fsp3) is 1.00. The van der Waals surface area contributed by atoms with Crippen LogP contribution >= 0.6 is 0 Å². The van der Waals surface area contributed by atoms with E-state index in [1.54, 1.807) is 0 Å². The van der Waals surface area contributed by atoms with Crippen LogP contribution in [0.3, 0.4) is 0 Å². The molecule has 0 radical (unpaired) electrons. The normalized spacial score (nSPS) is 45.0. The molecule has 4 aliphatic carbocycles. The molecule has 5 rings (SSSR count). The second-order valence-corrected chi connectivity index (χ2v) is 15.6. The van der Waals surface area contributed by atoms with Gasteiger partial charge < -0.3 is 15.3 Å². The second-order valence-electron chi connectivity index (χ2n) is 15.6. The molecule has 2 N–H and O–H groups in total. The molecule has 1 heterocycles. The summed E-state index contributed by atoms with van der Waals surface area (Å²) in [5, 5.41) is 14.9. The lowest BCUT2D eigenvalue weighted by molar-refractivity contribution is -0.141. The number of nitrogens with one attached hydrogen (secondary N) is 1. The van der Waals surface area contributed by atoms with E-state index in [0.29, 0.717) is 22.8 Å². The maximum Gasteiger partial charge on any atom is 0.0543 e. The van der Waals surface area contributed by atoms with Crippen LogP contribution in [0.15, 0.2) is 0 Å². The fourth-order valence-electron chi connectivity index (χ4n) is 11.2. The van der Waals surface area contributed by atoms with Crippen LogP contribution < -0.4 is 5.32 Å². The Hall–Kier alpha value is -0.120. The molecule has 5 fully saturated rings. The van der Waals surface area contributed by atoms with Crippen molar-refractivity contribution in [3.63, 3.8) is 0 Å². The van der Waals surface area contributed by atoms with Gasteiger partial charge >= 0.3 is 0 Å². The first kappa shape index (κ1) is 28.4. The van der Waals surface area contributed by atoms with Crippen LogP contribution in [0.2, 0.25) is 0 Å². The first-order valence-electron chi connectivity index (χ1n) is 16.9. The summed E-state index contributed by atoms with van der Waals surface area (Å²) in [5.41, 5.74) is 0.993. The molecule has 3 heteroatoms. The molecule has 0 aromatic rings. The lowest BCUT2D eigenvalue weighted by atomic mass is 9.43. The van der Waals surface area contributed by atoms with Crippen LogP contribution in [0.4, 0.5) is 0 Å². The van der Waals surface area contributed by atoms with Crippen molar-refractivity contribution in [2.45, 2.75) is 137 Å². The van der Waals surface area contributed by atoms with Gasteiger partial charge in [-0.3, -0.25) is 0 Å². The Kier molecular flexibility index (Phi) is 9.04. The first-order valence-corrected chi connectivity index (χ1v) is 16.9. The third kappa shape index (κ3) is 5.72. The molecule has 0 aromatic carbocycles. The highest BCUT2D eigenvalue weighted by Crippen LogP contribution is 2.68. The minimum atomic E-state index is -0.0695. The summed E-state index contributed by atoms with van der Waals surface area (Å²) < 4.78 is 0. The van der Waals surface area contributed by atoms with Gasteiger partial charge in [0.1, 0.15) is 0 Å². The van der Waals surface area contributed by atoms with Gasteiger partial charge in [-0.2, -0.15) is 0 Å². The third-order valence-corrected chi connectivity index (χ3v) is 13.1. The molecule has 10 unspecified atom stereocenters. The van der Waals surface area contributed by atoms with E-state index in [9.17, 15) is 5.11 Å². The van der Waals surface area contributed by atoms with E-state index in [2.05, 4.69) is 44.8 Å². The molecule has 3 nitrogen and oxygen atoms in total. The fourth-order valence-corrected chi connectivity index (χ4v) is 11.2. The minimum Gasteiger partial charge on any atom is -0.393 e. The summed E-state index contributed by atoms with van der Waals surface area (Å²) in [4.78, 5) is 2.67. The van der Waals surface area contributed by atoms with Gasteiger partial charge in [-0.05, 0) is 149 Å². The zero-order valence-electron chi connectivity index (χ0n) is 25.3. The van der Waals surface area contributed by atoms with E-state index in [0.717, 1.165) is 48.3 Å². The van der Waals surface area contributed by atoms with Gasteiger partial charge in [-0.1, -0.05) is 53.9 Å². The van der Waals surface area contributed by atoms with E-state index in [4.69, 9.17) is 0 Å². The van der Waals surface area contributed by atoms with E-state index >= 15 is 0 Å². The van der Waals surface area contributed by atoms with Crippen LogP contribution in [-0.2, 0) is 0 Å². The average Bonchev–Trinajstić information content (AvgIpc) is 3.49. The number of likely N-dealkylation sites (tertiary alicyclic amines) is 1. The molecule has 10 atom stereocenters. The summed E-state index contributed by atoms with van der Waals surface area (Å²) >= 11 is 0. The number of aliphatic hydroxyl groups excluding tert-OH is 1. The maximum absolute atomic E-state index is 10.7. The summed E-state index contributed by atoms with van der Waals surface area (Å²) in [6, 6.07) is 0.615. The Bertz CT molecular complexity index is 733. The van der Waals surface area contributed by atoms with Crippen molar-refractivity contribution in [1.82, 2.24) is 10.2 Å². The SMILES string of the molecule is CC(C)CCCC(C)C1CCC2C3CC(NCCCN4CCCC4)C4CC(O)CCC4(C)C3CCC12C. The van der Waals surface area contributed by atoms with Crippen LogP contribution in [0, 0.1) is 52.3 Å². The molecular formula is C34H62N2O. The van der Waals surface area contributed by atoms with Crippen molar-refractivity contribution in [2.24, 2.45) is 52.3 Å². The van der Waals surface area contributed by atoms with Crippen LogP contribution in [0.5, 0.6) is 0 Å². The Morgan fingerprint density at radius 2 is 1.57 bits per heavy atom. The molecule has 0 amide bonds. The van der Waals surface area contributed by atoms with Crippen molar-refractivity contribution >= 4 is 0 Å². The van der Waals surface area contributed by atoms with E-state index in [1.807, 2.05) is 0 Å². The minimum absolute atomic E-state index is 0.0695. The van der Waals surface area contributed by atoms with Gasteiger partial charge in [0.2, 0.25) is 0 Å². The quantitative estimate of drug-likeness (QED) is 0.296. The van der Waals surface area contributed by atoms with Gasteiger partial charge in [-0.15, -0.1) is 0 Å². The molecule has 4 saturated carbocycles. The molecule has 0 aromatic heterocycles. The van der Waals surface area contributed by atoms with E-state index in [1.165, 1.54) is 103 Å². The van der Waals surface area contributed by atoms with Gasteiger partial charge in [0, 0.05) is 6.04 Å². The molecule has 5 aliphatic rings. The smallest absolute Gasteiger partial charge is 0.0543 e. The first-order chi connectivity index (χ1) is 17.7. The number of aliphatic hydroxyl groups is 1. The van der Waals surface area contributed by atoms with Crippen molar-refractivity contribution in [3.8, 4) is 0 Å². The van der Waals surface area contributed by atoms with Gasteiger partial charge in [0.15, 0.2) is 0 Å². The van der Waals surface area contributed by atoms with Gasteiger partial charge in [-0.25, -0.2) is 0 Å². The monoisotopic (exact) mass is 514 g/mol. The highest BCUT2D eigenvalue weighted by Gasteiger charge is 2.62.